The van der Waals surface area contributed by atoms with E-state index in [-0.39, 0.29) is 17.9 Å². The standard InChI is InChI=1S/C12H24N2O3S/c1-10-4-5-14(11(7-10)8-13)18(15,16)9-12-3-2-6-17-12/h10-12H,2-9,13H2,1H3. The molecule has 0 aliphatic carbocycles. The minimum absolute atomic E-state index is 0.0276. The Morgan fingerprint density at radius 2 is 2.17 bits per heavy atom. The minimum Gasteiger partial charge on any atom is -0.377 e. The molecule has 106 valence electrons. The Morgan fingerprint density at radius 3 is 2.78 bits per heavy atom. The second-order valence-corrected chi connectivity index (χ2v) is 7.51. The Hall–Kier alpha value is -0.170. The topological polar surface area (TPSA) is 72.6 Å². The van der Waals surface area contributed by atoms with Crippen molar-refractivity contribution in [3.05, 3.63) is 0 Å². The van der Waals surface area contributed by atoms with Crippen LogP contribution in [-0.2, 0) is 14.8 Å². The molecule has 0 aromatic carbocycles. The molecule has 0 aromatic rings. The summed E-state index contributed by atoms with van der Waals surface area (Å²) in [4.78, 5) is 0. The first-order valence-corrected chi connectivity index (χ1v) is 8.45. The second-order valence-electron chi connectivity index (χ2n) is 5.54. The first-order valence-electron chi connectivity index (χ1n) is 6.84. The number of rotatable bonds is 4. The molecule has 0 spiro atoms. The van der Waals surface area contributed by atoms with E-state index >= 15 is 0 Å². The molecular weight excluding hydrogens is 252 g/mol. The Labute approximate surface area is 110 Å². The molecule has 3 unspecified atom stereocenters. The van der Waals surface area contributed by atoms with Crippen LogP contribution in [0.25, 0.3) is 0 Å². The van der Waals surface area contributed by atoms with Crippen LogP contribution in [0, 0.1) is 5.92 Å². The smallest absolute Gasteiger partial charge is 0.216 e. The van der Waals surface area contributed by atoms with Crippen LogP contribution in [-0.4, -0.2) is 50.3 Å². The molecule has 2 aliphatic rings. The van der Waals surface area contributed by atoms with Gasteiger partial charge in [0, 0.05) is 25.7 Å². The number of hydrogen-bond acceptors (Lipinski definition) is 4. The van der Waals surface area contributed by atoms with Crippen molar-refractivity contribution < 1.29 is 13.2 Å². The summed E-state index contributed by atoms with van der Waals surface area (Å²) >= 11 is 0. The molecule has 0 amide bonds. The molecule has 0 radical (unpaired) electrons. The third-order valence-electron chi connectivity index (χ3n) is 3.97. The van der Waals surface area contributed by atoms with Gasteiger partial charge in [0.2, 0.25) is 10.0 Å². The Balaban J connectivity index is 2.02. The van der Waals surface area contributed by atoms with Gasteiger partial charge in [0.1, 0.15) is 0 Å². The van der Waals surface area contributed by atoms with Crippen LogP contribution in [0.5, 0.6) is 0 Å². The fourth-order valence-corrected chi connectivity index (χ4v) is 4.85. The van der Waals surface area contributed by atoms with Gasteiger partial charge in [-0.2, -0.15) is 4.31 Å². The minimum atomic E-state index is -3.22. The number of nitrogens with zero attached hydrogens (tertiary/aromatic N) is 1. The van der Waals surface area contributed by atoms with Crippen molar-refractivity contribution in [3.8, 4) is 0 Å². The van der Waals surface area contributed by atoms with Crippen LogP contribution in [0.4, 0.5) is 0 Å². The average Bonchev–Trinajstić information content (AvgIpc) is 2.80. The average molecular weight is 276 g/mol. The SMILES string of the molecule is CC1CCN(S(=O)(=O)CC2CCCO2)C(CN)C1. The summed E-state index contributed by atoms with van der Waals surface area (Å²) in [7, 11) is -3.22. The van der Waals surface area contributed by atoms with E-state index in [0.717, 1.165) is 25.7 Å². The monoisotopic (exact) mass is 276 g/mol. The van der Waals surface area contributed by atoms with Crippen LogP contribution in [0.1, 0.15) is 32.6 Å². The van der Waals surface area contributed by atoms with E-state index < -0.39 is 10.0 Å². The highest BCUT2D eigenvalue weighted by Gasteiger charge is 2.36. The van der Waals surface area contributed by atoms with Crippen molar-refractivity contribution in [2.75, 3.05) is 25.4 Å². The third kappa shape index (κ3) is 3.23. The van der Waals surface area contributed by atoms with E-state index in [4.69, 9.17) is 10.5 Å². The predicted molar refractivity (Wildman–Crippen MR) is 70.7 cm³/mol. The van der Waals surface area contributed by atoms with Crippen molar-refractivity contribution in [1.29, 1.82) is 0 Å². The van der Waals surface area contributed by atoms with Crippen molar-refractivity contribution in [2.24, 2.45) is 11.7 Å². The summed E-state index contributed by atoms with van der Waals surface area (Å²) in [5.74, 6) is 0.686. The van der Waals surface area contributed by atoms with Crippen molar-refractivity contribution in [3.63, 3.8) is 0 Å². The van der Waals surface area contributed by atoms with Gasteiger partial charge < -0.3 is 10.5 Å². The zero-order chi connectivity index (χ0) is 13.2. The lowest BCUT2D eigenvalue weighted by Gasteiger charge is -2.37. The highest BCUT2D eigenvalue weighted by Crippen LogP contribution is 2.26. The summed E-state index contributed by atoms with van der Waals surface area (Å²) in [6.45, 7) is 3.87. The van der Waals surface area contributed by atoms with Crippen molar-refractivity contribution in [2.45, 2.75) is 44.8 Å². The van der Waals surface area contributed by atoms with Crippen LogP contribution >= 0.6 is 0 Å². The van der Waals surface area contributed by atoms with Gasteiger partial charge in [-0.05, 0) is 31.6 Å². The van der Waals surface area contributed by atoms with Crippen LogP contribution < -0.4 is 5.73 Å². The summed E-state index contributed by atoms with van der Waals surface area (Å²) < 4.78 is 31.9. The molecule has 5 nitrogen and oxygen atoms in total. The molecule has 3 atom stereocenters. The van der Waals surface area contributed by atoms with Crippen LogP contribution in [0.15, 0.2) is 0 Å². The molecule has 2 rings (SSSR count). The Kier molecular flexibility index (Phi) is 4.64. The first kappa shape index (κ1) is 14.2. The largest absolute Gasteiger partial charge is 0.377 e. The van der Waals surface area contributed by atoms with Gasteiger partial charge in [-0.25, -0.2) is 8.42 Å². The lowest BCUT2D eigenvalue weighted by Crippen LogP contribution is -2.50. The number of nitrogens with two attached hydrogens (primary N) is 1. The zero-order valence-corrected chi connectivity index (χ0v) is 11.9. The number of sulfonamides is 1. The van der Waals surface area contributed by atoms with E-state index in [1.54, 1.807) is 4.31 Å². The van der Waals surface area contributed by atoms with Gasteiger partial charge in [0.25, 0.3) is 0 Å². The summed E-state index contributed by atoms with van der Waals surface area (Å²) in [6.07, 6.45) is 3.52. The van der Waals surface area contributed by atoms with Crippen LogP contribution in [0.2, 0.25) is 0 Å². The van der Waals surface area contributed by atoms with E-state index in [9.17, 15) is 8.42 Å². The molecule has 2 saturated heterocycles. The van der Waals surface area contributed by atoms with Gasteiger partial charge in [-0.15, -0.1) is 0 Å². The van der Waals surface area contributed by atoms with Gasteiger partial charge in [0.05, 0.1) is 11.9 Å². The van der Waals surface area contributed by atoms with Crippen molar-refractivity contribution in [1.82, 2.24) is 4.31 Å². The maximum absolute atomic E-state index is 12.4. The van der Waals surface area contributed by atoms with Crippen molar-refractivity contribution >= 4 is 10.0 Å². The van der Waals surface area contributed by atoms with E-state index in [0.29, 0.717) is 25.6 Å². The Morgan fingerprint density at radius 1 is 1.39 bits per heavy atom. The molecule has 2 heterocycles. The number of hydrogen-bond donors (Lipinski definition) is 1. The lowest BCUT2D eigenvalue weighted by atomic mass is 9.94. The maximum atomic E-state index is 12.4. The molecule has 0 saturated carbocycles. The normalized spacial score (nSPS) is 34.9. The fraction of sp³-hybridized carbons (Fsp3) is 1.00. The lowest BCUT2D eigenvalue weighted by molar-refractivity contribution is 0.124. The van der Waals surface area contributed by atoms with E-state index in [1.807, 2.05) is 0 Å². The second kappa shape index (κ2) is 5.86. The van der Waals surface area contributed by atoms with Gasteiger partial charge in [-0.3, -0.25) is 0 Å². The molecule has 2 fully saturated rings. The molecule has 2 N–H and O–H groups in total. The molecule has 0 aromatic heterocycles. The number of piperidine rings is 1. The molecular formula is C12H24N2O3S. The fourth-order valence-electron chi connectivity index (χ4n) is 2.92. The highest BCUT2D eigenvalue weighted by molar-refractivity contribution is 7.89. The summed E-state index contributed by atoms with van der Waals surface area (Å²) in [6, 6.07) is -0.0276. The quantitative estimate of drug-likeness (QED) is 0.814. The molecule has 6 heteroatoms. The number of ether oxygens (including phenoxy) is 1. The molecule has 18 heavy (non-hydrogen) atoms. The maximum Gasteiger partial charge on any atom is 0.216 e. The molecule has 2 aliphatic heterocycles. The van der Waals surface area contributed by atoms with E-state index in [2.05, 4.69) is 6.92 Å². The summed E-state index contributed by atoms with van der Waals surface area (Å²) in [5.41, 5.74) is 5.72. The molecule has 0 bridgehead atoms. The zero-order valence-electron chi connectivity index (χ0n) is 11.0. The van der Waals surface area contributed by atoms with Crippen LogP contribution in [0.3, 0.4) is 0 Å². The Bertz CT molecular complexity index is 366. The van der Waals surface area contributed by atoms with E-state index in [1.165, 1.54) is 0 Å². The summed E-state index contributed by atoms with van der Waals surface area (Å²) in [5, 5.41) is 0. The van der Waals surface area contributed by atoms with Gasteiger partial charge in [0.15, 0.2) is 0 Å². The highest BCUT2D eigenvalue weighted by atomic mass is 32.2. The third-order valence-corrected chi connectivity index (χ3v) is 5.96. The first-order chi connectivity index (χ1) is 8.53. The predicted octanol–water partition coefficient (Wildman–Crippen LogP) is 0.554. The van der Waals surface area contributed by atoms with Gasteiger partial charge >= 0.3 is 0 Å². The van der Waals surface area contributed by atoms with Gasteiger partial charge in [-0.1, -0.05) is 6.92 Å².